The highest BCUT2D eigenvalue weighted by atomic mass is 35.5. The van der Waals surface area contributed by atoms with Crippen LogP contribution in [-0.4, -0.2) is 33.8 Å². The molecule has 3 aliphatic rings. The number of ether oxygens (including phenoxy) is 1. The van der Waals surface area contributed by atoms with Gasteiger partial charge in [0.2, 0.25) is 11.8 Å². The zero-order valence-corrected chi connectivity index (χ0v) is 17.0. The molecule has 2 amide bonds. The summed E-state index contributed by atoms with van der Waals surface area (Å²) < 4.78 is 7.56. The molecule has 5 rings (SSSR count). The molecule has 6 nitrogen and oxygen atoms in total. The summed E-state index contributed by atoms with van der Waals surface area (Å²) in [6.45, 7) is 4.04. The van der Waals surface area contributed by atoms with Gasteiger partial charge < -0.3 is 4.74 Å². The van der Waals surface area contributed by atoms with Crippen LogP contribution in [0.3, 0.4) is 0 Å². The van der Waals surface area contributed by atoms with Crippen molar-refractivity contribution in [2.24, 2.45) is 11.8 Å². The van der Waals surface area contributed by atoms with Gasteiger partial charge in [-0.1, -0.05) is 29.3 Å². The van der Waals surface area contributed by atoms with Crippen molar-refractivity contribution in [2.75, 3.05) is 4.90 Å². The molecule has 0 saturated carbocycles. The van der Waals surface area contributed by atoms with E-state index in [0.29, 0.717) is 28.0 Å². The summed E-state index contributed by atoms with van der Waals surface area (Å²) in [6.07, 6.45) is 1.44. The van der Waals surface area contributed by atoms with E-state index in [4.69, 9.17) is 27.9 Å². The number of hydrogen-bond acceptors (Lipinski definition) is 4. The predicted molar refractivity (Wildman–Crippen MR) is 105 cm³/mol. The quantitative estimate of drug-likeness (QED) is 0.713. The lowest BCUT2D eigenvalue weighted by atomic mass is 9.81. The molecule has 0 unspecified atom stereocenters. The van der Waals surface area contributed by atoms with Crippen molar-refractivity contribution in [1.82, 2.24) is 9.78 Å². The number of carbonyl (C=O) groups is 2. The summed E-state index contributed by atoms with van der Waals surface area (Å²) >= 11 is 12.6. The molecular formula is C20H19Cl2N3O3. The highest BCUT2D eigenvalue weighted by Gasteiger charge is 2.63. The maximum atomic E-state index is 13.1. The average Bonchev–Trinajstić information content (AvgIpc) is 3.38. The van der Waals surface area contributed by atoms with Gasteiger partial charge in [0.25, 0.3) is 0 Å². The Morgan fingerprint density at radius 3 is 2.21 bits per heavy atom. The second-order valence-electron chi connectivity index (χ2n) is 7.73. The normalized spacial score (nSPS) is 28.5. The molecule has 0 aliphatic carbocycles. The third-order valence-corrected chi connectivity index (χ3v) is 6.93. The second kappa shape index (κ2) is 6.31. The molecule has 0 spiro atoms. The van der Waals surface area contributed by atoms with Crippen LogP contribution in [0, 0.1) is 25.7 Å². The van der Waals surface area contributed by atoms with Crippen LogP contribution in [-0.2, 0) is 20.9 Å². The van der Waals surface area contributed by atoms with Gasteiger partial charge in [0.1, 0.15) is 0 Å². The Kier molecular flexibility index (Phi) is 4.09. The Labute approximate surface area is 172 Å². The summed E-state index contributed by atoms with van der Waals surface area (Å²) in [5, 5.41) is 5.68. The van der Waals surface area contributed by atoms with Crippen molar-refractivity contribution < 1.29 is 14.3 Å². The first kappa shape index (κ1) is 18.2. The summed E-state index contributed by atoms with van der Waals surface area (Å²) in [6, 6.07) is 5.34. The Bertz CT molecular complexity index is 970. The van der Waals surface area contributed by atoms with Gasteiger partial charge in [0.15, 0.2) is 0 Å². The zero-order chi connectivity index (χ0) is 19.7. The molecule has 3 saturated heterocycles. The van der Waals surface area contributed by atoms with E-state index in [-0.39, 0.29) is 35.9 Å². The number of imide groups is 1. The van der Waals surface area contributed by atoms with E-state index in [1.165, 1.54) is 4.90 Å². The first-order valence-corrected chi connectivity index (χ1v) is 10.1. The first-order chi connectivity index (χ1) is 13.4. The van der Waals surface area contributed by atoms with E-state index >= 15 is 0 Å². The van der Waals surface area contributed by atoms with Crippen molar-refractivity contribution in [3.05, 3.63) is 45.2 Å². The van der Waals surface area contributed by atoms with Crippen molar-refractivity contribution >= 4 is 40.7 Å². The number of halogens is 2. The van der Waals surface area contributed by atoms with Crippen LogP contribution in [0.1, 0.15) is 29.8 Å². The smallest absolute Gasteiger partial charge is 0.240 e. The largest absolute Gasteiger partial charge is 0.373 e. The third kappa shape index (κ3) is 2.41. The number of benzene rings is 1. The number of aryl methyl sites for hydroxylation is 1. The Balaban J connectivity index is 1.52. The Hall–Kier alpha value is -1.89. The van der Waals surface area contributed by atoms with Crippen LogP contribution in [0.15, 0.2) is 18.2 Å². The Morgan fingerprint density at radius 1 is 1.07 bits per heavy atom. The van der Waals surface area contributed by atoms with Crippen LogP contribution in [0.5, 0.6) is 0 Å². The molecule has 3 fully saturated rings. The minimum atomic E-state index is -0.355. The van der Waals surface area contributed by atoms with Gasteiger partial charge in [0, 0.05) is 15.6 Å². The standard InChI is InChI=1S/C20H19Cl2N3O3/c1-9-18(10(2)24(23-9)8-11-12(21)4-3-5-13(11)22)25-19(26)16-14-6-7-15(28-14)17(16)20(25)27/h3-5,14-17H,6-8H2,1-2H3/t14-,15-,16-,17-/m0/s1. The van der Waals surface area contributed by atoms with Gasteiger partial charge in [-0.3, -0.25) is 14.3 Å². The number of anilines is 1. The average molecular weight is 420 g/mol. The minimum Gasteiger partial charge on any atom is -0.373 e. The van der Waals surface area contributed by atoms with Crippen LogP contribution >= 0.6 is 23.2 Å². The number of aromatic nitrogens is 2. The highest BCUT2D eigenvalue weighted by molar-refractivity contribution is 6.36. The van der Waals surface area contributed by atoms with Gasteiger partial charge in [0.05, 0.1) is 47.7 Å². The van der Waals surface area contributed by atoms with Gasteiger partial charge in [-0.25, -0.2) is 4.90 Å². The highest BCUT2D eigenvalue weighted by Crippen LogP contribution is 2.50. The maximum absolute atomic E-state index is 13.1. The SMILES string of the molecule is Cc1nn(Cc2c(Cl)cccc2Cl)c(C)c1N1C(=O)[C@@H]2[C@@H](C1=O)[C@@H]1CC[C@@H]2O1. The number of rotatable bonds is 3. The minimum absolute atomic E-state index is 0.131. The van der Waals surface area contributed by atoms with Crippen LogP contribution in [0.4, 0.5) is 5.69 Å². The lowest BCUT2D eigenvalue weighted by Crippen LogP contribution is -2.35. The van der Waals surface area contributed by atoms with E-state index in [0.717, 1.165) is 24.1 Å². The molecule has 1 aromatic heterocycles. The molecule has 8 heteroatoms. The van der Waals surface area contributed by atoms with Crippen LogP contribution < -0.4 is 4.90 Å². The van der Waals surface area contributed by atoms with Gasteiger partial charge in [-0.15, -0.1) is 0 Å². The van der Waals surface area contributed by atoms with Gasteiger partial charge in [-0.05, 0) is 38.8 Å². The molecule has 0 radical (unpaired) electrons. The molecule has 146 valence electrons. The molecule has 28 heavy (non-hydrogen) atoms. The summed E-state index contributed by atoms with van der Waals surface area (Å²) in [5.74, 6) is -1.04. The molecule has 1 aromatic carbocycles. The van der Waals surface area contributed by atoms with E-state index in [2.05, 4.69) is 5.10 Å². The summed E-state index contributed by atoms with van der Waals surface area (Å²) in [5.41, 5.74) is 2.70. The molecule has 3 aliphatic heterocycles. The summed E-state index contributed by atoms with van der Waals surface area (Å²) in [7, 11) is 0. The molecule has 4 heterocycles. The monoisotopic (exact) mass is 419 g/mol. The molecule has 2 bridgehead atoms. The van der Waals surface area contributed by atoms with Crippen LogP contribution in [0.2, 0.25) is 10.0 Å². The second-order valence-corrected chi connectivity index (χ2v) is 8.55. The predicted octanol–water partition coefficient (Wildman–Crippen LogP) is 3.52. The van der Waals surface area contributed by atoms with Crippen molar-refractivity contribution in [3.8, 4) is 0 Å². The van der Waals surface area contributed by atoms with E-state index in [1.807, 2.05) is 13.8 Å². The van der Waals surface area contributed by atoms with Gasteiger partial charge in [-0.2, -0.15) is 5.10 Å². The summed E-state index contributed by atoms with van der Waals surface area (Å²) in [4.78, 5) is 27.6. The fourth-order valence-corrected chi connectivity index (χ4v) is 5.45. The van der Waals surface area contributed by atoms with E-state index in [9.17, 15) is 9.59 Å². The van der Waals surface area contributed by atoms with Crippen molar-refractivity contribution in [1.29, 1.82) is 0 Å². The topological polar surface area (TPSA) is 64.4 Å². The molecular weight excluding hydrogens is 401 g/mol. The van der Waals surface area contributed by atoms with E-state index in [1.54, 1.807) is 22.9 Å². The van der Waals surface area contributed by atoms with Crippen molar-refractivity contribution in [3.63, 3.8) is 0 Å². The molecule has 0 N–H and O–H groups in total. The molecule has 4 atom stereocenters. The zero-order valence-electron chi connectivity index (χ0n) is 15.5. The fourth-order valence-electron chi connectivity index (χ4n) is 4.93. The number of carbonyl (C=O) groups excluding carboxylic acids is 2. The number of amides is 2. The lowest BCUT2D eigenvalue weighted by Gasteiger charge is -2.18. The van der Waals surface area contributed by atoms with Gasteiger partial charge >= 0.3 is 0 Å². The Morgan fingerprint density at radius 2 is 1.64 bits per heavy atom. The number of hydrogen-bond donors (Lipinski definition) is 0. The first-order valence-electron chi connectivity index (χ1n) is 9.38. The fraction of sp³-hybridized carbons (Fsp3) is 0.450. The van der Waals surface area contributed by atoms with Crippen molar-refractivity contribution in [2.45, 2.75) is 45.4 Å². The number of nitrogens with zero attached hydrogens (tertiary/aromatic N) is 3. The molecule has 2 aromatic rings. The van der Waals surface area contributed by atoms with Crippen LogP contribution in [0.25, 0.3) is 0 Å². The number of fused-ring (bicyclic) bond motifs is 5. The lowest BCUT2D eigenvalue weighted by molar-refractivity contribution is -0.124. The third-order valence-electron chi connectivity index (χ3n) is 6.22. The van der Waals surface area contributed by atoms with E-state index < -0.39 is 0 Å². The maximum Gasteiger partial charge on any atom is 0.240 e.